The Balaban J connectivity index is 2.29. The monoisotopic (exact) mass is 302 g/mol. The van der Waals surface area contributed by atoms with E-state index in [2.05, 4.69) is 5.32 Å². The fourth-order valence-corrected chi connectivity index (χ4v) is 2.87. The Hall–Kier alpha value is -1.27. The summed E-state index contributed by atoms with van der Waals surface area (Å²) in [7, 11) is 1.77. The molecular weight excluding hydrogens is 281 g/mol. The second kappa shape index (κ2) is 6.23. The van der Waals surface area contributed by atoms with Gasteiger partial charge in [0.25, 0.3) is 0 Å². The van der Waals surface area contributed by atoms with E-state index in [1.807, 2.05) is 24.3 Å². The van der Waals surface area contributed by atoms with Crippen molar-refractivity contribution < 1.29 is 17.9 Å². The Kier molecular flexibility index (Phi) is 4.78. The summed E-state index contributed by atoms with van der Waals surface area (Å²) in [5.41, 5.74) is 0.907. The lowest BCUT2D eigenvalue weighted by Crippen LogP contribution is -2.54. The molecule has 0 spiro atoms. The molecular formula is C15H21F3N2O. The summed E-state index contributed by atoms with van der Waals surface area (Å²) in [5.74, 6) is 0.740. The molecule has 0 aliphatic carbocycles. The van der Waals surface area contributed by atoms with Gasteiger partial charge in [-0.15, -0.1) is 0 Å². The van der Waals surface area contributed by atoms with Crippen molar-refractivity contribution in [3.05, 3.63) is 29.8 Å². The largest absolute Gasteiger partial charge is 0.492 e. The molecule has 21 heavy (non-hydrogen) atoms. The van der Waals surface area contributed by atoms with Gasteiger partial charge in [0, 0.05) is 11.6 Å². The Labute approximate surface area is 123 Å². The average Bonchev–Trinajstić information content (AvgIpc) is 2.42. The summed E-state index contributed by atoms with van der Waals surface area (Å²) in [5, 5.41) is 3.14. The number of alkyl halides is 3. The predicted octanol–water partition coefficient (Wildman–Crippen LogP) is 2.98. The molecule has 0 radical (unpaired) electrons. The maximum absolute atomic E-state index is 12.8. The number of para-hydroxylation sites is 1. The maximum Gasteiger partial charge on any atom is 0.401 e. The van der Waals surface area contributed by atoms with Gasteiger partial charge in [-0.25, -0.2) is 0 Å². The topological polar surface area (TPSA) is 24.5 Å². The molecule has 118 valence electrons. The smallest absolute Gasteiger partial charge is 0.401 e. The van der Waals surface area contributed by atoms with Gasteiger partial charge in [-0.05, 0) is 27.0 Å². The van der Waals surface area contributed by atoms with E-state index in [-0.39, 0.29) is 24.7 Å². The zero-order valence-electron chi connectivity index (χ0n) is 12.4. The summed E-state index contributed by atoms with van der Waals surface area (Å²) in [4.78, 5) is 1.46. The van der Waals surface area contributed by atoms with E-state index in [0.717, 1.165) is 11.3 Å². The van der Waals surface area contributed by atoms with Crippen LogP contribution in [0.3, 0.4) is 0 Å². The van der Waals surface area contributed by atoms with Gasteiger partial charge in [-0.3, -0.25) is 4.90 Å². The first-order valence-corrected chi connectivity index (χ1v) is 7.05. The van der Waals surface area contributed by atoms with Gasteiger partial charge in [0.1, 0.15) is 12.4 Å². The standard InChI is InChI=1S/C15H21F3N2O/c1-10(2)20(9-15(16,17)18)12-8-21-13-7-5-4-6-11(13)14(12)19-3/h4-7,10,12,14,19H,8-9H2,1-3H3. The molecule has 0 aromatic heterocycles. The Morgan fingerprint density at radius 3 is 2.57 bits per heavy atom. The van der Waals surface area contributed by atoms with Crippen molar-refractivity contribution in [1.82, 2.24) is 10.2 Å². The van der Waals surface area contributed by atoms with Gasteiger partial charge in [0.2, 0.25) is 0 Å². The molecule has 1 aliphatic rings. The highest BCUT2D eigenvalue weighted by molar-refractivity contribution is 5.38. The van der Waals surface area contributed by atoms with E-state index in [1.54, 1.807) is 20.9 Å². The summed E-state index contributed by atoms with van der Waals surface area (Å²) in [6.07, 6.45) is -4.22. The highest BCUT2D eigenvalue weighted by atomic mass is 19.4. The molecule has 1 heterocycles. The Morgan fingerprint density at radius 1 is 1.33 bits per heavy atom. The van der Waals surface area contributed by atoms with Crippen molar-refractivity contribution in [1.29, 1.82) is 0 Å². The highest BCUT2D eigenvalue weighted by Crippen LogP contribution is 2.35. The van der Waals surface area contributed by atoms with E-state index in [0.29, 0.717) is 0 Å². The number of nitrogens with one attached hydrogen (secondary N) is 1. The molecule has 1 aromatic carbocycles. The predicted molar refractivity (Wildman–Crippen MR) is 75.4 cm³/mol. The number of hydrogen-bond acceptors (Lipinski definition) is 3. The molecule has 2 unspecified atom stereocenters. The van der Waals surface area contributed by atoms with Crippen molar-refractivity contribution in [3.63, 3.8) is 0 Å². The number of fused-ring (bicyclic) bond motifs is 1. The third kappa shape index (κ3) is 3.68. The molecule has 1 N–H and O–H groups in total. The van der Waals surface area contributed by atoms with Crippen LogP contribution in [0.25, 0.3) is 0 Å². The number of halogens is 3. The quantitative estimate of drug-likeness (QED) is 0.925. The van der Waals surface area contributed by atoms with Crippen LogP contribution >= 0.6 is 0 Å². The van der Waals surface area contributed by atoms with Crippen molar-refractivity contribution >= 4 is 0 Å². The van der Waals surface area contributed by atoms with Crippen LogP contribution in [0.5, 0.6) is 5.75 Å². The van der Waals surface area contributed by atoms with E-state index >= 15 is 0 Å². The van der Waals surface area contributed by atoms with E-state index in [4.69, 9.17) is 4.74 Å². The zero-order chi connectivity index (χ0) is 15.6. The van der Waals surface area contributed by atoms with Crippen LogP contribution < -0.4 is 10.1 Å². The lowest BCUT2D eigenvalue weighted by molar-refractivity contribution is -0.159. The second-order valence-electron chi connectivity index (χ2n) is 5.56. The van der Waals surface area contributed by atoms with Crippen LogP contribution in [0.15, 0.2) is 24.3 Å². The first-order chi connectivity index (χ1) is 9.83. The minimum atomic E-state index is -4.22. The summed E-state index contributed by atoms with van der Waals surface area (Å²) in [6.45, 7) is 2.87. The third-order valence-corrected chi connectivity index (χ3v) is 3.81. The first-order valence-electron chi connectivity index (χ1n) is 7.05. The molecule has 1 aliphatic heterocycles. The van der Waals surface area contributed by atoms with E-state index < -0.39 is 12.7 Å². The summed E-state index contributed by atoms with van der Waals surface area (Å²) < 4.78 is 44.2. The number of nitrogens with zero attached hydrogens (tertiary/aromatic N) is 1. The number of hydrogen-bond donors (Lipinski definition) is 1. The van der Waals surface area contributed by atoms with E-state index in [1.165, 1.54) is 4.90 Å². The minimum absolute atomic E-state index is 0.181. The van der Waals surface area contributed by atoms with Gasteiger partial charge >= 0.3 is 6.18 Å². The summed E-state index contributed by atoms with van der Waals surface area (Å²) >= 11 is 0. The minimum Gasteiger partial charge on any atom is -0.492 e. The number of ether oxygens (including phenoxy) is 1. The number of benzene rings is 1. The van der Waals surface area contributed by atoms with Crippen LogP contribution in [-0.2, 0) is 0 Å². The Bertz CT molecular complexity index is 476. The first kappa shape index (κ1) is 16.1. The zero-order valence-corrected chi connectivity index (χ0v) is 12.4. The second-order valence-corrected chi connectivity index (χ2v) is 5.56. The molecule has 0 bridgehead atoms. The molecule has 0 saturated heterocycles. The maximum atomic E-state index is 12.8. The van der Waals surface area contributed by atoms with Crippen LogP contribution in [0.4, 0.5) is 13.2 Å². The van der Waals surface area contributed by atoms with Crippen molar-refractivity contribution in [2.75, 3.05) is 20.2 Å². The van der Waals surface area contributed by atoms with Crippen LogP contribution in [0, 0.1) is 0 Å². The van der Waals surface area contributed by atoms with E-state index in [9.17, 15) is 13.2 Å². The molecule has 0 saturated carbocycles. The molecule has 2 rings (SSSR count). The normalized spacial score (nSPS) is 22.3. The van der Waals surface area contributed by atoms with Crippen molar-refractivity contribution in [2.45, 2.75) is 38.1 Å². The lowest BCUT2D eigenvalue weighted by Gasteiger charge is -2.42. The number of rotatable bonds is 4. The van der Waals surface area contributed by atoms with Crippen molar-refractivity contribution in [3.8, 4) is 5.75 Å². The molecule has 0 amide bonds. The average molecular weight is 302 g/mol. The van der Waals surface area contributed by atoms with Crippen LogP contribution in [0.2, 0.25) is 0 Å². The van der Waals surface area contributed by atoms with Crippen molar-refractivity contribution in [2.24, 2.45) is 0 Å². The molecule has 1 aromatic rings. The fourth-order valence-electron chi connectivity index (χ4n) is 2.87. The van der Waals surface area contributed by atoms with Crippen LogP contribution in [0.1, 0.15) is 25.5 Å². The molecule has 0 fully saturated rings. The van der Waals surface area contributed by atoms with Gasteiger partial charge < -0.3 is 10.1 Å². The summed E-state index contributed by atoms with van der Waals surface area (Å²) in [6, 6.07) is 6.72. The van der Waals surface area contributed by atoms with Gasteiger partial charge in [0.15, 0.2) is 0 Å². The number of likely N-dealkylation sites (N-methyl/N-ethyl adjacent to an activating group) is 1. The van der Waals surface area contributed by atoms with Gasteiger partial charge in [-0.2, -0.15) is 13.2 Å². The molecule has 2 atom stereocenters. The fraction of sp³-hybridized carbons (Fsp3) is 0.600. The molecule has 3 nitrogen and oxygen atoms in total. The highest BCUT2D eigenvalue weighted by Gasteiger charge is 2.40. The van der Waals surface area contributed by atoms with Gasteiger partial charge in [-0.1, -0.05) is 18.2 Å². The lowest BCUT2D eigenvalue weighted by atomic mass is 9.94. The van der Waals surface area contributed by atoms with Gasteiger partial charge in [0.05, 0.1) is 18.6 Å². The third-order valence-electron chi connectivity index (χ3n) is 3.81. The Morgan fingerprint density at radius 2 is 2.00 bits per heavy atom. The van der Waals surface area contributed by atoms with Crippen LogP contribution in [-0.4, -0.2) is 43.4 Å². The molecule has 6 heteroatoms. The SMILES string of the molecule is CNC1c2ccccc2OCC1N(CC(F)(F)F)C(C)C.